The van der Waals surface area contributed by atoms with Gasteiger partial charge in [-0.05, 0) is 37.7 Å². The van der Waals surface area contributed by atoms with Crippen LogP contribution >= 0.6 is 24.4 Å². The lowest BCUT2D eigenvalue weighted by molar-refractivity contribution is 0.485. The first-order chi connectivity index (χ1) is 9.15. The Morgan fingerprint density at radius 1 is 1.26 bits per heavy atom. The number of aryl methyl sites for hydroxylation is 1. The highest BCUT2D eigenvalue weighted by atomic mass is 32.1. The fourth-order valence-electron chi connectivity index (χ4n) is 2.44. The van der Waals surface area contributed by atoms with E-state index < -0.39 is 0 Å². The van der Waals surface area contributed by atoms with E-state index in [4.69, 9.17) is 28.9 Å². The number of aromatic nitrogens is 2. The van der Waals surface area contributed by atoms with Crippen molar-refractivity contribution in [3.63, 3.8) is 0 Å². The average molecular weight is 290 g/mol. The van der Waals surface area contributed by atoms with Gasteiger partial charge in [-0.1, -0.05) is 25.2 Å². The second-order valence-electron chi connectivity index (χ2n) is 4.58. The smallest absolute Gasteiger partial charge is 0.270 e. The van der Waals surface area contributed by atoms with Crippen LogP contribution in [0.3, 0.4) is 0 Å². The molecule has 0 atom stereocenters. The Morgan fingerprint density at radius 3 is 2.79 bits per heavy atom. The third-order valence-electron chi connectivity index (χ3n) is 3.35. The van der Waals surface area contributed by atoms with E-state index in [0.717, 1.165) is 39.8 Å². The van der Waals surface area contributed by atoms with Crippen LogP contribution < -0.4 is 0 Å². The maximum Gasteiger partial charge on any atom is 0.270 e. The van der Waals surface area contributed by atoms with E-state index in [1.54, 1.807) is 0 Å². The Kier molecular flexibility index (Phi) is 3.03. The molecule has 0 bridgehead atoms. The van der Waals surface area contributed by atoms with Gasteiger partial charge in [0.05, 0.1) is 5.52 Å². The van der Waals surface area contributed by atoms with E-state index in [2.05, 4.69) is 17.4 Å². The molecule has 0 amide bonds. The predicted octanol–water partition coefficient (Wildman–Crippen LogP) is 4.66. The lowest BCUT2D eigenvalue weighted by Gasteiger charge is -2.05. The summed E-state index contributed by atoms with van der Waals surface area (Å²) in [6.45, 7) is 4.92. The second-order valence-corrected chi connectivity index (χ2v) is 5.32. The van der Waals surface area contributed by atoms with Gasteiger partial charge in [-0.3, -0.25) is 4.57 Å². The van der Waals surface area contributed by atoms with E-state index in [9.17, 15) is 0 Å². The van der Waals surface area contributed by atoms with Crippen LogP contribution in [0.15, 0.2) is 28.8 Å². The van der Waals surface area contributed by atoms with Gasteiger partial charge in [0.15, 0.2) is 5.58 Å². The minimum absolute atomic E-state index is 0.457. The van der Waals surface area contributed by atoms with Crippen LogP contribution in [0.5, 0.6) is 0 Å². The molecule has 3 aromatic rings. The molecule has 0 aliphatic rings. The molecular weight excluding hydrogens is 276 g/mol. The van der Waals surface area contributed by atoms with Crippen molar-refractivity contribution in [2.45, 2.75) is 26.8 Å². The Labute approximate surface area is 121 Å². The highest BCUT2D eigenvalue weighted by molar-refractivity contribution is 7.72. The van der Waals surface area contributed by atoms with Crippen molar-refractivity contribution in [2.75, 3.05) is 0 Å². The minimum atomic E-state index is 0.457. The van der Waals surface area contributed by atoms with E-state index in [0.29, 0.717) is 4.84 Å². The first kappa shape index (κ1) is 12.6. The number of hydrogen-bond donors (Lipinski definition) is 0. The van der Waals surface area contributed by atoms with Gasteiger partial charge < -0.3 is 8.82 Å². The van der Waals surface area contributed by atoms with Gasteiger partial charge >= 0.3 is 0 Å². The quantitative estimate of drug-likeness (QED) is 0.641. The molecule has 3 aromatic heterocycles. The molecule has 0 spiro atoms. The van der Waals surface area contributed by atoms with E-state index in [1.807, 2.05) is 29.8 Å². The standard InChI is InChI=1S/C14H14N2OS2/c1-3-7-16-13(18)11-12(17-14(16)19)9(2)10-6-4-5-8-15(10)11/h4-6,8H,3,7H2,1-2H3. The van der Waals surface area contributed by atoms with Crippen LogP contribution in [0, 0.1) is 16.4 Å². The molecule has 3 rings (SSSR count). The van der Waals surface area contributed by atoms with E-state index >= 15 is 0 Å². The number of nitrogens with zero attached hydrogens (tertiary/aromatic N) is 2. The second kappa shape index (κ2) is 4.58. The highest BCUT2D eigenvalue weighted by Crippen LogP contribution is 2.27. The largest absolute Gasteiger partial charge is 0.429 e. The van der Waals surface area contributed by atoms with Crippen molar-refractivity contribution in [1.82, 2.24) is 8.97 Å². The van der Waals surface area contributed by atoms with Gasteiger partial charge in [-0.2, -0.15) is 0 Å². The third kappa shape index (κ3) is 1.76. The fraction of sp³-hybridized carbons (Fsp3) is 0.286. The summed E-state index contributed by atoms with van der Waals surface area (Å²) in [6, 6.07) is 6.07. The summed E-state index contributed by atoms with van der Waals surface area (Å²) in [5, 5.41) is 0. The van der Waals surface area contributed by atoms with Crippen molar-refractivity contribution in [3.8, 4) is 0 Å². The summed E-state index contributed by atoms with van der Waals surface area (Å²) in [4.78, 5) is 0.457. The molecule has 0 aliphatic carbocycles. The number of hydrogen-bond acceptors (Lipinski definition) is 3. The molecule has 0 saturated heterocycles. The SMILES string of the molecule is CCCn1c(=S)oc2c(C)c3ccccn3c2c1=S. The van der Waals surface area contributed by atoms with E-state index in [1.165, 1.54) is 0 Å². The Hall–Kier alpha value is -1.46. The molecule has 0 aliphatic heterocycles. The Balaban J connectivity index is 2.59. The van der Waals surface area contributed by atoms with Crippen LogP contribution in [-0.2, 0) is 6.54 Å². The highest BCUT2D eigenvalue weighted by Gasteiger charge is 2.14. The molecule has 0 aromatic carbocycles. The maximum absolute atomic E-state index is 5.83. The third-order valence-corrected chi connectivity index (χ3v) is 4.06. The summed E-state index contributed by atoms with van der Waals surface area (Å²) in [7, 11) is 0. The molecule has 0 saturated carbocycles. The fourth-order valence-corrected chi connectivity index (χ4v) is 3.13. The molecule has 0 N–H and O–H groups in total. The summed E-state index contributed by atoms with van der Waals surface area (Å²) in [6.07, 6.45) is 2.98. The molecule has 19 heavy (non-hydrogen) atoms. The lowest BCUT2D eigenvalue weighted by Crippen LogP contribution is -2.02. The summed E-state index contributed by atoms with van der Waals surface area (Å²) >= 11 is 10.9. The van der Waals surface area contributed by atoms with Gasteiger partial charge in [0.25, 0.3) is 4.84 Å². The van der Waals surface area contributed by atoms with Crippen LogP contribution in [0.25, 0.3) is 16.6 Å². The first-order valence-electron chi connectivity index (χ1n) is 6.28. The maximum atomic E-state index is 5.83. The molecule has 0 radical (unpaired) electrons. The van der Waals surface area contributed by atoms with Gasteiger partial charge in [0, 0.05) is 18.3 Å². The molecule has 98 valence electrons. The molecule has 0 unspecified atom stereocenters. The molecular formula is C14H14N2OS2. The van der Waals surface area contributed by atoms with Crippen LogP contribution in [-0.4, -0.2) is 8.97 Å². The lowest BCUT2D eigenvalue weighted by atomic mass is 10.3. The Bertz CT molecular complexity index is 886. The zero-order valence-electron chi connectivity index (χ0n) is 10.8. The van der Waals surface area contributed by atoms with Crippen molar-refractivity contribution in [2.24, 2.45) is 0 Å². The van der Waals surface area contributed by atoms with Crippen LogP contribution in [0.1, 0.15) is 18.9 Å². The molecule has 0 fully saturated rings. The number of pyridine rings is 1. The predicted molar refractivity (Wildman–Crippen MR) is 81.9 cm³/mol. The Morgan fingerprint density at radius 2 is 2.05 bits per heavy atom. The summed E-state index contributed by atoms with van der Waals surface area (Å²) in [5.74, 6) is 0. The zero-order valence-corrected chi connectivity index (χ0v) is 12.5. The van der Waals surface area contributed by atoms with Crippen molar-refractivity contribution in [3.05, 3.63) is 39.4 Å². The molecule has 5 heteroatoms. The zero-order chi connectivity index (χ0) is 13.6. The van der Waals surface area contributed by atoms with E-state index in [-0.39, 0.29) is 0 Å². The van der Waals surface area contributed by atoms with Gasteiger partial charge in [-0.15, -0.1) is 0 Å². The van der Waals surface area contributed by atoms with Crippen LogP contribution in [0.4, 0.5) is 0 Å². The first-order valence-corrected chi connectivity index (χ1v) is 7.10. The monoisotopic (exact) mass is 290 g/mol. The normalized spacial score (nSPS) is 11.5. The van der Waals surface area contributed by atoms with Gasteiger partial charge in [0.1, 0.15) is 10.2 Å². The van der Waals surface area contributed by atoms with Crippen molar-refractivity contribution < 1.29 is 4.42 Å². The van der Waals surface area contributed by atoms with Crippen molar-refractivity contribution in [1.29, 1.82) is 0 Å². The molecule has 3 heterocycles. The van der Waals surface area contributed by atoms with Crippen LogP contribution in [0.2, 0.25) is 0 Å². The minimum Gasteiger partial charge on any atom is -0.429 e. The average Bonchev–Trinajstić information content (AvgIpc) is 2.69. The summed E-state index contributed by atoms with van der Waals surface area (Å²) in [5.41, 5.74) is 3.92. The topological polar surface area (TPSA) is 22.5 Å². The number of rotatable bonds is 2. The summed E-state index contributed by atoms with van der Waals surface area (Å²) < 4.78 is 10.6. The molecule has 3 nitrogen and oxygen atoms in total. The van der Waals surface area contributed by atoms with Gasteiger partial charge in [-0.25, -0.2) is 0 Å². The number of fused-ring (bicyclic) bond motifs is 3. The van der Waals surface area contributed by atoms with Crippen molar-refractivity contribution >= 4 is 41.1 Å². The van der Waals surface area contributed by atoms with Gasteiger partial charge in [0.2, 0.25) is 0 Å².